The number of morpholine rings is 1. The fourth-order valence-corrected chi connectivity index (χ4v) is 2.49. The molecule has 1 heterocycles. The monoisotopic (exact) mass is 243 g/mol. The highest BCUT2D eigenvalue weighted by Crippen LogP contribution is 2.30. The smallest absolute Gasteiger partial charge is 0.123 e. The number of benzene rings is 2. The van der Waals surface area contributed by atoms with Gasteiger partial charge in [0, 0.05) is 24.2 Å². The Morgan fingerprint density at radius 3 is 2.67 bits per heavy atom. The van der Waals surface area contributed by atoms with Gasteiger partial charge in [0.1, 0.15) is 5.75 Å². The number of aryl methyl sites for hydroxylation is 1. The minimum atomic E-state index is 0.361. The largest absolute Gasteiger partial charge is 0.507 e. The van der Waals surface area contributed by atoms with Gasteiger partial charge in [-0.2, -0.15) is 0 Å². The lowest BCUT2D eigenvalue weighted by Gasteiger charge is -2.29. The third kappa shape index (κ3) is 2.02. The van der Waals surface area contributed by atoms with Crippen LogP contribution in [-0.2, 0) is 4.74 Å². The standard InChI is InChI=1S/C15H17NO2/c1-11-8-12-2-3-13(10-14(12)15(17)9-11)16-4-6-18-7-5-16/h2-3,8-10,17H,4-7H2,1H3. The van der Waals surface area contributed by atoms with Crippen LogP contribution in [-0.4, -0.2) is 31.4 Å². The number of aromatic hydroxyl groups is 1. The summed E-state index contributed by atoms with van der Waals surface area (Å²) < 4.78 is 5.36. The first-order valence-electron chi connectivity index (χ1n) is 6.30. The summed E-state index contributed by atoms with van der Waals surface area (Å²) in [6, 6.07) is 10.2. The molecule has 0 bridgehead atoms. The molecule has 0 spiro atoms. The lowest BCUT2D eigenvalue weighted by atomic mass is 10.1. The molecule has 0 aromatic heterocycles. The van der Waals surface area contributed by atoms with E-state index in [4.69, 9.17) is 4.74 Å². The second kappa shape index (κ2) is 4.50. The van der Waals surface area contributed by atoms with E-state index in [2.05, 4.69) is 29.2 Å². The van der Waals surface area contributed by atoms with E-state index in [1.165, 1.54) is 0 Å². The first-order chi connectivity index (χ1) is 8.74. The van der Waals surface area contributed by atoms with Crippen LogP contribution in [0.4, 0.5) is 5.69 Å². The van der Waals surface area contributed by atoms with Gasteiger partial charge in [-0.25, -0.2) is 0 Å². The Bertz CT molecular complexity index is 574. The number of anilines is 1. The fraction of sp³-hybridized carbons (Fsp3) is 0.333. The van der Waals surface area contributed by atoms with Crippen molar-refractivity contribution in [2.45, 2.75) is 6.92 Å². The Morgan fingerprint density at radius 1 is 1.11 bits per heavy atom. The third-order valence-corrected chi connectivity index (χ3v) is 3.44. The highest BCUT2D eigenvalue weighted by molar-refractivity contribution is 5.91. The molecule has 0 unspecified atom stereocenters. The lowest BCUT2D eigenvalue weighted by Crippen LogP contribution is -2.36. The molecule has 18 heavy (non-hydrogen) atoms. The van der Waals surface area contributed by atoms with E-state index < -0.39 is 0 Å². The van der Waals surface area contributed by atoms with Crippen LogP contribution < -0.4 is 4.90 Å². The number of rotatable bonds is 1. The van der Waals surface area contributed by atoms with E-state index in [9.17, 15) is 5.11 Å². The minimum Gasteiger partial charge on any atom is -0.507 e. The minimum absolute atomic E-state index is 0.361. The molecule has 0 amide bonds. The zero-order chi connectivity index (χ0) is 12.5. The summed E-state index contributed by atoms with van der Waals surface area (Å²) in [5.41, 5.74) is 2.24. The lowest BCUT2D eigenvalue weighted by molar-refractivity contribution is 0.122. The fourth-order valence-electron chi connectivity index (χ4n) is 2.49. The molecular weight excluding hydrogens is 226 g/mol. The predicted octanol–water partition coefficient (Wildman–Crippen LogP) is 2.69. The molecule has 3 rings (SSSR count). The third-order valence-electron chi connectivity index (χ3n) is 3.44. The van der Waals surface area contributed by atoms with Crippen molar-refractivity contribution in [2.24, 2.45) is 0 Å². The van der Waals surface area contributed by atoms with Crippen LogP contribution in [0.1, 0.15) is 5.56 Å². The number of fused-ring (bicyclic) bond motifs is 1. The summed E-state index contributed by atoms with van der Waals surface area (Å²) in [5, 5.41) is 12.0. The van der Waals surface area contributed by atoms with Gasteiger partial charge in [-0.3, -0.25) is 0 Å². The summed E-state index contributed by atoms with van der Waals surface area (Å²) in [6.07, 6.45) is 0. The summed E-state index contributed by atoms with van der Waals surface area (Å²) in [4.78, 5) is 2.29. The molecule has 1 aliphatic rings. The van der Waals surface area contributed by atoms with E-state index >= 15 is 0 Å². The van der Waals surface area contributed by atoms with Crippen molar-refractivity contribution in [3.05, 3.63) is 35.9 Å². The normalized spacial score (nSPS) is 16.2. The molecule has 1 saturated heterocycles. The van der Waals surface area contributed by atoms with Crippen molar-refractivity contribution in [3.8, 4) is 5.75 Å². The van der Waals surface area contributed by atoms with E-state index in [0.29, 0.717) is 5.75 Å². The Kier molecular flexibility index (Phi) is 2.84. The number of phenolic OH excluding ortho intramolecular Hbond substituents is 1. The molecule has 94 valence electrons. The number of hydrogen-bond acceptors (Lipinski definition) is 3. The second-order valence-electron chi connectivity index (χ2n) is 4.79. The Balaban J connectivity index is 2.04. The Morgan fingerprint density at radius 2 is 1.89 bits per heavy atom. The Hall–Kier alpha value is -1.74. The molecule has 2 aromatic carbocycles. The predicted molar refractivity (Wildman–Crippen MR) is 73.4 cm³/mol. The van der Waals surface area contributed by atoms with Crippen molar-refractivity contribution < 1.29 is 9.84 Å². The summed E-state index contributed by atoms with van der Waals surface area (Å²) in [7, 11) is 0. The topological polar surface area (TPSA) is 32.7 Å². The second-order valence-corrected chi connectivity index (χ2v) is 4.79. The highest BCUT2D eigenvalue weighted by atomic mass is 16.5. The van der Waals surface area contributed by atoms with Crippen LogP contribution in [0, 0.1) is 6.92 Å². The number of nitrogens with zero attached hydrogens (tertiary/aromatic N) is 1. The van der Waals surface area contributed by atoms with Gasteiger partial charge in [0.15, 0.2) is 0 Å². The van der Waals surface area contributed by atoms with Crippen LogP contribution in [0.15, 0.2) is 30.3 Å². The summed E-state index contributed by atoms with van der Waals surface area (Å²) >= 11 is 0. The van der Waals surface area contributed by atoms with E-state index in [1.807, 2.05) is 13.0 Å². The van der Waals surface area contributed by atoms with Gasteiger partial charge < -0.3 is 14.7 Å². The van der Waals surface area contributed by atoms with Gasteiger partial charge in [0.05, 0.1) is 13.2 Å². The van der Waals surface area contributed by atoms with E-state index in [-0.39, 0.29) is 0 Å². The zero-order valence-electron chi connectivity index (χ0n) is 10.5. The molecule has 3 heteroatoms. The van der Waals surface area contributed by atoms with Crippen molar-refractivity contribution in [2.75, 3.05) is 31.2 Å². The first-order valence-corrected chi connectivity index (χ1v) is 6.30. The number of hydrogen-bond donors (Lipinski definition) is 1. The SMILES string of the molecule is Cc1cc(O)c2cc(N3CCOCC3)ccc2c1. The van der Waals surface area contributed by atoms with Gasteiger partial charge in [-0.05, 0) is 36.1 Å². The molecule has 1 N–H and O–H groups in total. The summed E-state index contributed by atoms with van der Waals surface area (Å²) in [6.45, 7) is 5.38. The van der Waals surface area contributed by atoms with Crippen molar-refractivity contribution in [3.63, 3.8) is 0 Å². The molecular formula is C15H17NO2. The number of ether oxygens (including phenoxy) is 1. The van der Waals surface area contributed by atoms with Gasteiger partial charge in [-0.15, -0.1) is 0 Å². The van der Waals surface area contributed by atoms with Gasteiger partial charge in [0.25, 0.3) is 0 Å². The quantitative estimate of drug-likeness (QED) is 0.836. The van der Waals surface area contributed by atoms with E-state index in [0.717, 1.165) is 48.3 Å². The number of phenols is 1. The van der Waals surface area contributed by atoms with E-state index in [1.54, 1.807) is 0 Å². The van der Waals surface area contributed by atoms with Crippen LogP contribution in [0.25, 0.3) is 10.8 Å². The van der Waals surface area contributed by atoms with Crippen molar-refractivity contribution in [1.82, 2.24) is 0 Å². The van der Waals surface area contributed by atoms with Crippen LogP contribution in [0.2, 0.25) is 0 Å². The zero-order valence-corrected chi connectivity index (χ0v) is 10.5. The van der Waals surface area contributed by atoms with Gasteiger partial charge in [-0.1, -0.05) is 12.1 Å². The average Bonchev–Trinajstić information content (AvgIpc) is 2.39. The molecule has 0 saturated carbocycles. The van der Waals surface area contributed by atoms with Crippen molar-refractivity contribution in [1.29, 1.82) is 0 Å². The maximum absolute atomic E-state index is 10.0. The maximum atomic E-state index is 10.0. The van der Waals surface area contributed by atoms with Crippen molar-refractivity contribution >= 4 is 16.5 Å². The molecule has 3 nitrogen and oxygen atoms in total. The van der Waals surface area contributed by atoms with Gasteiger partial charge in [0.2, 0.25) is 0 Å². The van der Waals surface area contributed by atoms with Crippen LogP contribution >= 0.6 is 0 Å². The first kappa shape index (κ1) is 11.4. The Labute approximate surface area is 107 Å². The molecule has 1 aliphatic heterocycles. The molecule has 0 atom stereocenters. The molecule has 0 aliphatic carbocycles. The van der Waals surface area contributed by atoms with Crippen LogP contribution in [0.5, 0.6) is 5.75 Å². The maximum Gasteiger partial charge on any atom is 0.123 e. The summed E-state index contributed by atoms with van der Waals surface area (Å²) in [5.74, 6) is 0.361. The average molecular weight is 243 g/mol. The van der Waals surface area contributed by atoms with Crippen LogP contribution in [0.3, 0.4) is 0 Å². The molecule has 1 fully saturated rings. The highest BCUT2D eigenvalue weighted by Gasteiger charge is 2.12. The van der Waals surface area contributed by atoms with Gasteiger partial charge >= 0.3 is 0 Å². The molecule has 0 radical (unpaired) electrons. The molecule has 2 aromatic rings.